The minimum absolute atomic E-state index is 0.00253. The monoisotopic (exact) mass is 390 g/mol. The van der Waals surface area contributed by atoms with E-state index in [1.54, 1.807) is 24.3 Å². The van der Waals surface area contributed by atoms with Gasteiger partial charge in [0, 0.05) is 11.1 Å². The molecule has 1 aliphatic rings. The molecule has 134 valence electrons. The Morgan fingerprint density at radius 3 is 2.27 bits per heavy atom. The van der Waals surface area contributed by atoms with Crippen molar-refractivity contribution < 1.29 is 14.3 Å². The number of carbonyl (C=O) groups is 2. The lowest BCUT2D eigenvalue weighted by atomic mass is 10.2. The highest BCUT2D eigenvalue weighted by atomic mass is 35.5. The first-order valence-corrected chi connectivity index (χ1v) is 8.55. The van der Waals surface area contributed by atoms with Crippen LogP contribution in [-0.4, -0.2) is 18.9 Å². The Hall–Kier alpha value is -2.50. The van der Waals surface area contributed by atoms with Crippen molar-refractivity contribution in [2.45, 2.75) is 13.8 Å². The number of benzene rings is 2. The molecule has 0 saturated carbocycles. The largest absolute Gasteiger partial charge is 0.495 e. The van der Waals surface area contributed by atoms with Crippen LogP contribution in [0.15, 0.2) is 47.1 Å². The highest BCUT2D eigenvalue weighted by molar-refractivity contribution is 6.53. The van der Waals surface area contributed by atoms with Gasteiger partial charge in [-0.1, -0.05) is 40.9 Å². The van der Waals surface area contributed by atoms with Crippen LogP contribution in [0, 0.1) is 13.8 Å². The highest BCUT2D eigenvalue weighted by Gasteiger charge is 2.39. The number of hydrogen-bond acceptors (Lipinski definition) is 4. The summed E-state index contributed by atoms with van der Waals surface area (Å²) in [6.45, 7) is 3.74. The number of aryl methyl sites for hydroxylation is 2. The topological polar surface area (TPSA) is 58.6 Å². The van der Waals surface area contributed by atoms with Gasteiger partial charge in [-0.3, -0.25) is 9.59 Å². The first-order chi connectivity index (χ1) is 12.3. The smallest absolute Gasteiger partial charge is 0.283 e. The van der Waals surface area contributed by atoms with E-state index in [9.17, 15) is 9.59 Å². The lowest BCUT2D eigenvalue weighted by Crippen LogP contribution is -2.32. The fraction of sp³-hybridized carbons (Fsp3) is 0.158. The molecule has 2 aromatic carbocycles. The van der Waals surface area contributed by atoms with Crippen molar-refractivity contribution >= 4 is 46.4 Å². The van der Waals surface area contributed by atoms with Gasteiger partial charge in [-0.15, -0.1) is 0 Å². The second kappa shape index (κ2) is 7.02. The molecule has 0 saturated heterocycles. The fourth-order valence-corrected chi connectivity index (χ4v) is 2.97. The predicted molar refractivity (Wildman–Crippen MR) is 103 cm³/mol. The Bertz CT molecular complexity index is 937. The van der Waals surface area contributed by atoms with Gasteiger partial charge >= 0.3 is 0 Å². The van der Waals surface area contributed by atoms with Gasteiger partial charge in [0.1, 0.15) is 16.5 Å². The molecule has 1 aliphatic heterocycles. The van der Waals surface area contributed by atoms with E-state index in [-0.39, 0.29) is 10.7 Å². The van der Waals surface area contributed by atoms with Crippen LogP contribution < -0.4 is 15.0 Å². The number of nitrogens with zero attached hydrogens (tertiary/aromatic N) is 1. The molecular formula is C19H16Cl2N2O3. The first-order valence-electron chi connectivity index (χ1n) is 7.80. The number of carbonyl (C=O) groups excluding carboxylic acids is 2. The number of anilines is 2. The fourth-order valence-electron chi connectivity index (χ4n) is 2.60. The van der Waals surface area contributed by atoms with Crippen molar-refractivity contribution in [3.8, 4) is 5.75 Å². The first kappa shape index (κ1) is 18.3. The number of halogens is 2. The maximum atomic E-state index is 12.8. The molecule has 0 aliphatic carbocycles. The molecule has 2 aromatic rings. The summed E-state index contributed by atoms with van der Waals surface area (Å²) in [7, 11) is 1.49. The average molecular weight is 391 g/mol. The number of ether oxygens (including phenoxy) is 1. The molecule has 1 N–H and O–H groups in total. The molecule has 0 aromatic heterocycles. The summed E-state index contributed by atoms with van der Waals surface area (Å²) in [6.07, 6.45) is 0. The third kappa shape index (κ3) is 3.16. The molecule has 2 amide bonds. The lowest BCUT2D eigenvalue weighted by Gasteiger charge is -2.16. The van der Waals surface area contributed by atoms with E-state index in [4.69, 9.17) is 27.9 Å². The molecule has 1 heterocycles. The maximum Gasteiger partial charge on any atom is 0.283 e. The van der Waals surface area contributed by atoms with Gasteiger partial charge in [-0.25, -0.2) is 4.90 Å². The minimum Gasteiger partial charge on any atom is -0.495 e. The second-order valence-electron chi connectivity index (χ2n) is 5.90. The van der Waals surface area contributed by atoms with Crippen molar-refractivity contribution in [2.75, 3.05) is 17.3 Å². The molecule has 26 heavy (non-hydrogen) atoms. The standard InChI is InChI=1S/C19H16Cl2N2O3/c1-10-4-6-12(7-5-10)23-18(24)16(21)17(19(23)25)22-14-8-11(2)13(20)9-15(14)26-3/h4-9,22H,1-3H3. The van der Waals surface area contributed by atoms with Crippen LogP contribution in [0.5, 0.6) is 5.75 Å². The zero-order valence-electron chi connectivity index (χ0n) is 14.4. The molecule has 0 radical (unpaired) electrons. The van der Waals surface area contributed by atoms with Crippen LogP contribution >= 0.6 is 23.2 Å². The normalized spacial score (nSPS) is 14.3. The van der Waals surface area contributed by atoms with Gasteiger partial charge in [0.25, 0.3) is 11.8 Å². The third-order valence-corrected chi connectivity index (χ3v) is 4.82. The van der Waals surface area contributed by atoms with Crippen LogP contribution in [0.4, 0.5) is 11.4 Å². The van der Waals surface area contributed by atoms with Crippen LogP contribution in [0.3, 0.4) is 0 Å². The summed E-state index contributed by atoms with van der Waals surface area (Å²) in [6, 6.07) is 10.4. The Morgan fingerprint density at radius 2 is 1.65 bits per heavy atom. The Kier molecular flexibility index (Phi) is 4.94. The molecular weight excluding hydrogens is 375 g/mol. The van der Waals surface area contributed by atoms with Crippen molar-refractivity contribution in [2.24, 2.45) is 0 Å². The zero-order valence-corrected chi connectivity index (χ0v) is 15.9. The minimum atomic E-state index is -0.576. The summed E-state index contributed by atoms with van der Waals surface area (Å²) in [5, 5.41) is 3.28. The summed E-state index contributed by atoms with van der Waals surface area (Å²) in [5.41, 5.74) is 2.76. The number of nitrogens with one attached hydrogen (secondary N) is 1. The number of amides is 2. The van der Waals surface area contributed by atoms with Crippen LogP contribution in [0.2, 0.25) is 5.02 Å². The van der Waals surface area contributed by atoms with Crippen molar-refractivity contribution in [3.05, 3.63) is 63.3 Å². The lowest BCUT2D eigenvalue weighted by molar-refractivity contribution is -0.120. The van der Waals surface area contributed by atoms with Gasteiger partial charge in [-0.2, -0.15) is 0 Å². The quantitative estimate of drug-likeness (QED) is 0.785. The second-order valence-corrected chi connectivity index (χ2v) is 6.68. The molecule has 0 bridgehead atoms. The number of rotatable bonds is 4. The van der Waals surface area contributed by atoms with E-state index in [1.165, 1.54) is 7.11 Å². The van der Waals surface area contributed by atoms with Gasteiger partial charge in [0.2, 0.25) is 0 Å². The number of methoxy groups -OCH3 is 1. The molecule has 0 spiro atoms. The van der Waals surface area contributed by atoms with E-state index >= 15 is 0 Å². The summed E-state index contributed by atoms with van der Waals surface area (Å²) < 4.78 is 5.29. The van der Waals surface area contributed by atoms with Crippen molar-refractivity contribution in [3.63, 3.8) is 0 Å². The molecule has 7 heteroatoms. The molecule has 0 unspecified atom stereocenters. The van der Waals surface area contributed by atoms with Crippen LogP contribution in [0.1, 0.15) is 11.1 Å². The molecule has 0 atom stereocenters. The van der Waals surface area contributed by atoms with E-state index in [0.717, 1.165) is 16.0 Å². The SMILES string of the molecule is COc1cc(Cl)c(C)cc1NC1=C(Cl)C(=O)N(c2ccc(C)cc2)C1=O. The molecule has 5 nitrogen and oxygen atoms in total. The number of imide groups is 1. The zero-order chi connectivity index (χ0) is 19.0. The summed E-state index contributed by atoms with van der Waals surface area (Å²) in [4.78, 5) is 26.3. The van der Waals surface area contributed by atoms with Gasteiger partial charge in [0.05, 0.1) is 18.5 Å². The van der Waals surface area contributed by atoms with E-state index in [2.05, 4.69) is 5.32 Å². The maximum absolute atomic E-state index is 12.8. The van der Waals surface area contributed by atoms with Gasteiger partial charge < -0.3 is 10.1 Å². The van der Waals surface area contributed by atoms with Gasteiger partial charge in [0.15, 0.2) is 0 Å². The van der Waals surface area contributed by atoms with E-state index in [1.807, 2.05) is 26.0 Å². The summed E-state index contributed by atoms with van der Waals surface area (Å²) >= 11 is 12.3. The van der Waals surface area contributed by atoms with Gasteiger partial charge in [-0.05, 0) is 37.6 Å². The van der Waals surface area contributed by atoms with Crippen LogP contribution in [0.25, 0.3) is 0 Å². The van der Waals surface area contributed by atoms with Crippen molar-refractivity contribution in [1.29, 1.82) is 0 Å². The Balaban J connectivity index is 1.96. The molecule has 0 fully saturated rings. The Morgan fingerprint density at radius 1 is 1.00 bits per heavy atom. The summed E-state index contributed by atoms with van der Waals surface area (Å²) in [5.74, 6) is -0.669. The number of hydrogen-bond donors (Lipinski definition) is 1. The van der Waals surface area contributed by atoms with E-state index in [0.29, 0.717) is 22.1 Å². The highest BCUT2D eigenvalue weighted by Crippen LogP contribution is 2.35. The average Bonchev–Trinajstić information content (AvgIpc) is 2.82. The van der Waals surface area contributed by atoms with Crippen LogP contribution in [-0.2, 0) is 9.59 Å². The molecule has 3 rings (SSSR count). The predicted octanol–water partition coefficient (Wildman–Crippen LogP) is 4.40. The Labute approximate surface area is 161 Å². The van der Waals surface area contributed by atoms with Crippen molar-refractivity contribution in [1.82, 2.24) is 0 Å². The third-order valence-electron chi connectivity index (χ3n) is 4.06. The van der Waals surface area contributed by atoms with E-state index < -0.39 is 11.8 Å².